The molecule has 4 aromatic rings. The number of carboxylic acid groups (broad SMARTS) is 1. The van der Waals surface area contributed by atoms with E-state index in [2.05, 4.69) is 25.3 Å². The summed E-state index contributed by atoms with van der Waals surface area (Å²) in [6.45, 7) is 2.07. The van der Waals surface area contributed by atoms with Crippen LogP contribution in [0.5, 0.6) is 11.6 Å². The number of nitrogens with two attached hydrogens (primary N) is 1. The van der Waals surface area contributed by atoms with Crippen molar-refractivity contribution in [2.24, 2.45) is 0 Å². The largest absolute Gasteiger partial charge is 0.465 e. The SMILES string of the molecule is C[C@@H](Nc1nc(C(F)(F)F)ccc1-c1cc(Oc2cccc3sc(N)nc23)ncn1)C1CCCN1C(=O)O. The number of para-hydroxylation sites is 1. The van der Waals surface area contributed by atoms with Crippen LogP contribution in [-0.2, 0) is 6.18 Å². The van der Waals surface area contributed by atoms with Gasteiger partial charge in [-0.25, -0.2) is 24.7 Å². The molecule has 14 heteroatoms. The number of carbonyl (C=O) groups is 1. The van der Waals surface area contributed by atoms with Crippen molar-refractivity contribution in [2.45, 2.75) is 38.0 Å². The number of hydrogen-bond donors (Lipinski definition) is 3. The third kappa shape index (κ3) is 5.11. The van der Waals surface area contributed by atoms with Gasteiger partial charge in [-0.2, -0.15) is 13.2 Å². The summed E-state index contributed by atoms with van der Waals surface area (Å²) in [6, 6.07) is 8.00. The molecule has 0 bridgehead atoms. The molecule has 1 aliphatic heterocycles. The third-order valence-corrected chi connectivity index (χ3v) is 7.05. The van der Waals surface area contributed by atoms with Gasteiger partial charge in [-0.05, 0) is 44.0 Å². The number of ether oxygens (including phenoxy) is 1. The van der Waals surface area contributed by atoms with Crippen molar-refractivity contribution in [3.8, 4) is 22.9 Å². The fourth-order valence-electron chi connectivity index (χ4n) is 4.47. The number of aromatic nitrogens is 4. The highest BCUT2D eigenvalue weighted by atomic mass is 32.1. The normalized spacial score (nSPS) is 16.5. The van der Waals surface area contributed by atoms with Gasteiger partial charge in [0.15, 0.2) is 10.9 Å². The van der Waals surface area contributed by atoms with Crippen molar-refractivity contribution in [3.05, 3.63) is 48.4 Å². The second-order valence-electron chi connectivity index (χ2n) is 8.71. The second-order valence-corrected chi connectivity index (χ2v) is 9.77. The van der Waals surface area contributed by atoms with E-state index in [1.807, 2.05) is 6.07 Å². The van der Waals surface area contributed by atoms with Crippen molar-refractivity contribution in [2.75, 3.05) is 17.6 Å². The summed E-state index contributed by atoms with van der Waals surface area (Å²) in [5.74, 6) is 0.469. The molecule has 1 amide bonds. The topological polar surface area (TPSA) is 139 Å². The molecule has 3 aromatic heterocycles. The van der Waals surface area contributed by atoms with Crippen LogP contribution in [0, 0.1) is 0 Å². The molecule has 0 radical (unpaired) electrons. The Bertz CT molecular complexity index is 1500. The minimum Gasteiger partial charge on any atom is -0.465 e. The first-order valence-corrected chi connectivity index (χ1v) is 12.4. The summed E-state index contributed by atoms with van der Waals surface area (Å²) in [6.07, 6.45) is -3.28. The van der Waals surface area contributed by atoms with E-state index >= 15 is 0 Å². The number of amides is 1. The number of nitrogens with one attached hydrogen (secondary N) is 1. The highest BCUT2D eigenvalue weighted by molar-refractivity contribution is 7.22. The molecular formula is C24H22F3N7O3S. The van der Waals surface area contributed by atoms with E-state index in [1.165, 1.54) is 34.7 Å². The molecule has 4 heterocycles. The molecule has 0 saturated carbocycles. The monoisotopic (exact) mass is 545 g/mol. The van der Waals surface area contributed by atoms with Crippen LogP contribution in [0.1, 0.15) is 25.5 Å². The van der Waals surface area contributed by atoms with Crippen LogP contribution in [0.2, 0.25) is 0 Å². The van der Waals surface area contributed by atoms with Crippen molar-refractivity contribution in [3.63, 3.8) is 0 Å². The summed E-state index contributed by atoms with van der Waals surface area (Å²) >= 11 is 1.31. The Morgan fingerprint density at radius 3 is 2.84 bits per heavy atom. The molecule has 4 N–H and O–H groups in total. The van der Waals surface area contributed by atoms with Crippen LogP contribution < -0.4 is 15.8 Å². The summed E-state index contributed by atoms with van der Waals surface area (Å²) in [7, 11) is 0. The fraction of sp³-hybridized carbons (Fsp3) is 0.292. The van der Waals surface area contributed by atoms with E-state index in [9.17, 15) is 23.1 Å². The van der Waals surface area contributed by atoms with Crippen molar-refractivity contribution >= 4 is 38.6 Å². The van der Waals surface area contributed by atoms with Gasteiger partial charge in [0.1, 0.15) is 23.4 Å². The molecule has 1 aromatic carbocycles. The molecular weight excluding hydrogens is 523 g/mol. The van der Waals surface area contributed by atoms with Crippen LogP contribution in [0.4, 0.5) is 28.9 Å². The number of fused-ring (bicyclic) bond motifs is 1. The average molecular weight is 546 g/mol. The Morgan fingerprint density at radius 1 is 1.26 bits per heavy atom. The standard InChI is InChI=1S/C24H22F3N7O3S/c1-12(15-4-3-9-34(15)23(35)36)31-21-13(7-8-18(32-21)24(25,26)27)14-10-19(30-11-29-14)37-16-5-2-6-17-20(16)33-22(28)38-17/h2,5-8,10-12,15H,3-4,9H2,1H3,(H2,28,33)(H,31,32)(H,35,36)/t12-,15?/m1/s1. The van der Waals surface area contributed by atoms with E-state index in [0.717, 1.165) is 10.8 Å². The van der Waals surface area contributed by atoms with Crippen LogP contribution in [-0.4, -0.2) is 54.7 Å². The number of rotatable bonds is 6. The number of benzene rings is 1. The second kappa shape index (κ2) is 9.93. The summed E-state index contributed by atoms with van der Waals surface area (Å²) < 4.78 is 47.3. The van der Waals surface area contributed by atoms with Crippen molar-refractivity contribution in [1.29, 1.82) is 0 Å². The molecule has 1 aliphatic rings. The first-order valence-electron chi connectivity index (χ1n) is 11.6. The Kier molecular flexibility index (Phi) is 6.65. The van der Waals surface area contributed by atoms with Gasteiger partial charge < -0.3 is 25.8 Å². The van der Waals surface area contributed by atoms with E-state index in [-0.39, 0.29) is 23.0 Å². The zero-order valence-corrected chi connectivity index (χ0v) is 20.8. The molecule has 198 valence electrons. The van der Waals surface area contributed by atoms with E-state index < -0.39 is 30.0 Å². The van der Waals surface area contributed by atoms with Crippen molar-refractivity contribution in [1.82, 2.24) is 24.8 Å². The van der Waals surface area contributed by atoms with E-state index in [4.69, 9.17) is 10.5 Å². The number of alkyl halides is 3. The first kappa shape index (κ1) is 25.4. The van der Waals surface area contributed by atoms with Gasteiger partial charge in [0.2, 0.25) is 5.88 Å². The smallest absolute Gasteiger partial charge is 0.433 e. The predicted octanol–water partition coefficient (Wildman–Crippen LogP) is 5.48. The molecule has 2 atom stereocenters. The van der Waals surface area contributed by atoms with Crippen LogP contribution in [0.15, 0.2) is 42.7 Å². The lowest BCUT2D eigenvalue weighted by molar-refractivity contribution is -0.141. The Morgan fingerprint density at radius 2 is 2.08 bits per heavy atom. The number of nitrogens with zero attached hydrogens (tertiary/aromatic N) is 5. The lowest BCUT2D eigenvalue weighted by Gasteiger charge is -2.29. The first-order chi connectivity index (χ1) is 18.1. The highest BCUT2D eigenvalue weighted by Crippen LogP contribution is 2.36. The Hall–Kier alpha value is -4.20. The van der Waals surface area contributed by atoms with Gasteiger partial charge in [0.25, 0.3) is 0 Å². The van der Waals surface area contributed by atoms with Gasteiger partial charge in [-0.3, -0.25) is 0 Å². The average Bonchev–Trinajstić information content (AvgIpc) is 3.51. The Balaban J connectivity index is 1.49. The summed E-state index contributed by atoms with van der Waals surface area (Å²) in [5, 5.41) is 12.9. The van der Waals surface area contributed by atoms with Crippen LogP contribution in [0.3, 0.4) is 0 Å². The summed E-state index contributed by atoms with van der Waals surface area (Å²) in [4.78, 5) is 29.4. The number of pyridine rings is 1. The van der Waals surface area contributed by atoms with Gasteiger partial charge in [-0.1, -0.05) is 17.4 Å². The number of halogens is 3. The number of anilines is 2. The zero-order valence-electron chi connectivity index (χ0n) is 19.9. The van der Waals surface area contributed by atoms with E-state index in [0.29, 0.717) is 35.8 Å². The van der Waals surface area contributed by atoms with Crippen LogP contribution in [0.25, 0.3) is 21.5 Å². The molecule has 5 rings (SSSR count). The maximum absolute atomic E-state index is 13.5. The molecule has 10 nitrogen and oxygen atoms in total. The number of likely N-dealkylation sites (tertiary alicyclic amines) is 1. The molecule has 1 fully saturated rings. The number of thiazole rings is 1. The van der Waals surface area contributed by atoms with Crippen molar-refractivity contribution < 1.29 is 27.8 Å². The lowest BCUT2D eigenvalue weighted by atomic mass is 10.1. The predicted molar refractivity (Wildman–Crippen MR) is 135 cm³/mol. The zero-order chi connectivity index (χ0) is 27.0. The highest BCUT2D eigenvalue weighted by Gasteiger charge is 2.35. The quantitative estimate of drug-likeness (QED) is 0.287. The Labute approximate surface area is 218 Å². The molecule has 0 spiro atoms. The number of hydrogen-bond acceptors (Lipinski definition) is 9. The molecule has 1 unspecified atom stereocenters. The maximum Gasteiger partial charge on any atom is 0.433 e. The van der Waals surface area contributed by atoms with Gasteiger partial charge >= 0.3 is 12.3 Å². The molecule has 38 heavy (non-hydrogen) atoms. The third-order valence-electron chi connectivity index (χ3n) is 6.20. The fourth-order valence-corrected chi connectivity index (χ4v) is 5.23. The van der Waals surface area contributed by atoms with Crippen LogP contribution >= 0.6 is 11.3 Å². The minimum absolute atomic E-state index is 0.0800. The molecule has 0 aliphatic carbocycles. The number of nitrogen functional groups attached to an aromatic ring is 1. The molecule has 1 saturated heterocycles. The maximum atomic E-state index is 13.5. The minimum atomic E-state index is -4.67. The van der Waals surface area contributed by atoms with E-state index in [1.54, 1.807) is 19.1 Å². The summed E-state index contributed by atoms with van der Waals surface area (Å²) in [5.41, 5.74) is 5.82. The van der Waals surface area contributed by atoms with Gasteiger partial charge in [0.05, 0.1) is 16.4 Å². The van der Waals surface area contributed by atoms with Gasteiger partial charge in [-0.15, -0.1) is 0 Å². The lowest BCUT2D eigenvalue weighted by Crippen LogP contribution is -2.44. The van der Waals surface area contributed by atoms with Gasteiger partial charge in [0, 0.05) is 24.2 Å².